The predicted molar refractivity (Wildman–Crippen MR) is 93.9 cm³/mol. The van der Waals surface area contributed by atoms with Gasteiger partial charge in [0.25, 0.3) is 0 Å². The molecule has 1 aliphatic rings. The third-order valence-electron chi connectivity index (χ3n) is 4.53. The van der Waals surface area contributed by atoms with Crippen molar-refractivity contribution in [2.24, 2.45) is 11.3 Å². The van der Waals surface area contributed by atoms with Gasteiger partial charge in [0, 0.05) is 19.2 Å². The Morgan fingerprint density at radius 2 is 2.21 bits per heavy atom. The molecule has 2 N–H and O–H groups in total. The van der Waals surface area contributed by atoms with Gasteiger partial charge in [-0.2, -0.15) is 0 Å². The van der Waals surface area contributed by atoms with Crippen molar-refractivity contribution in [1.82, 2.24) is 10.5 Å². The third kappa shape index (κ3) is 5.05. The second kappa shape index (κ2) is 8.12. The molecule has 24 heavy (non-hydrogen) atoms. The Balaban J connectivity index is 1.90. The fourth-order valence-corrected chi connectivity index (χ4v) is 3.36. The van der Waals surface area contributed by atoms with Crippen LogP contribution in [0.3, 0.4) is 0 Å². The maximum Gasteiger partial charge on any atom is 0.242 e. The third-order valence-corrected chi connectivity index (χ3v) is 4.53. The van der Waals surface area contributed by atoms with Crippen molar-refractivity contribution < 1.29 is 14.1 Å². The van der Waals surface area contributed by atoms with Crippen LogP contribution in [0.4, 0.5) is 5.82 Å². The van der Waals surface area contributed by atoms with E-state index in [2.05, 4.69) is 36.6 Å². The van der Waals surface area contributed by atoms with E-state index >= 15 is 0 Å². The summed E-state index contributed by atoms with van der Waals surface area (Å²) in [5.74, 6) is 1.50. The Hall–Kier alpha value is -1.40. The van der Waals surface area contributed by atoms with Gasteiger partial charge in [-0.15, -0.1) is 0 Å². The summed E-state index contributed by atoms with van der Waals surface area (Å²) in [6.45, 7) is 12.1. The van der Waals surface area contributed by atoms with Gasteiger partial charge < -0.3 is 19.9 Å². The Morgan fingerprint density at radius 3 is 2.79 bits per heavy atom. The smallest absolute Gasteiger partial charge is 0.242 e. The fourth-order valence-electron chi connectivity index (χ4n) is 3.36. The molecule has 6 nitrogen and oxygen atoms in total. The van der Waals surface area contributed by atoms with Gasteiger partial charge in [0.15, 0.2) is 5.82 Å². The Bertz CT molecular complexity index is 536. The molecule has 1 saturated heterocycles. The predicted octanol–water partition coefficient (Wildman–Crippen LogP) is 3.13. The molecule has 6 heteroatoms. The lowest BCUT2D eigenvalue weighted by Gasteiger charge is -2.40. The highest BCUT2D eigenvalue weighted by Gasteiger charge is 2.35. The SMILES string of the molecule is CCC(NCC1CCCOC1C(C)(C)C)C(=O)Nc1cc(C)on1. The molecule has 0 spiro atoms. The highest BCUT2D eigenvalue weighted by Crippen LogP contribution is 2.33. The first-order chi connectivity index (χ1) is 11.3. The standard InChI is InChI=1S/C18H31N3O3/c1-6-14(17(22)20-15-10-12(2)24-21-15)19-11-13-8-7-9-23-16(13)18(3,4)5/h10,13-14,16,19H,6-9,11H2,1-5H3,(H,20,21,22). The van der Waals surface area contributed by atoms with E-state index in [0.29, 0.717) is 17.5 Å². The summed E-state index contributed by atoms with van der Waals surface area (Å²) in [4.78, 5) is 12.4. The first-order valence-corrected chi connectivity index (χ1v) is 8.90. The zero-order valence-electron chi connectivity index (χ0n) is 15.5. The first-order valence-electron chi connectivity index (χ1n) is 8.90. The number of aromatic nitrogens is 1. The molecule has 0 aliphatic carbocycles. The number of amides is 1. The quantitative estimate of drug-likeness (QED) is 0.834. The molecule has 0 aromatic carbocycles. The highest BCUT2D eigenvalue weighted by atomic mass is 16.5. The van der Waals surface area contributed by atoms with Gasteiger partial charge in [-0.1, -0.05) is 32.9 Å². The molecule has 0 saturated carbocycles. The molecule has 2 heterocycles. The van der Waals surface area contributed by atoms with E-state index in [1.165, 1.54) is 0 Å². The van der Waals surface area contributed by atoms with Crippen molar-refractivity contribution in [3.63, 3.8) is 0 Å². The number of nitrogens with zero attached hydrogens (tertiary/aromatic N) is 1. The number of hydrogen-bond acceptors (Lipinski definition) is 5. The minimum atomic E-state index is -0.246. The van der Waals surface area contributed by atoms with E-state index in [4.69, 9.17) is 9.26 Å². The minimum Gasteiger partial charge on any atom is -0.377 e. The highest BCUT2D eigenvalue weighted by molar-refractivity contribution is 5.93. The summed E-state index contributed by atoms with van der Waals surface area (Å²) >= 11 is 0. The average molecular weight is 337 g/mol. The van der Waals surface area contributed by atoms with Crippen molar-refractivity contribution in [1.29, 1.82) is 0 Å². The van der Waals surface area contributed by atoms with Crippen LogP contribution in [0.1, 0.15) is 52.7 Å². The number of ether oxygens (including phenoxy) is 1. The number of anilines is 1. The van der Waals surface area contributed by atoms with E-state index in [-0.39, 0.29) is 23.5 Å². The van der Waals surface area contributed by atoms with Crippen LogP contribution in [0.2, 0.25) is 0 Å². The van der Waals surface area contributed by atoms with Gasteiger partial charge >= 0.3 is 0 Å². The van der Waals surface area contributed by atoms with E-state index in [1.807, 2.05) is 6.92 Å². The molecule has 3 unspecified atom stereocenters. The van der Waals surface area contributed by atoms with Crippen LogP contribution in [0, 0.1) is 18.3 Å². The van der Waals surface area contributed by atoms with Gasteiger partial charge in [-0.3, -0.25) is 4.79 Å². The second-order valence-corrected chi connectivity index (χ2v) is 7.74. The summed E-state index contributed by atoms with van der Waals surface area (Å²) in [6.07, 6.45) is 3.16. The number of carbonyl (C=O) groups excluding carboxylic acids is 1. The van der Waals surface area contributed by atoms with E-state index < -0.39 is 0 Å². The summed E-state index contributed by atoms with van der Waals surface area (Å²) in [6, 6.07) is 1.47. The number of carbonyl (C=O) groups is 1. The van der Waals surface area contributed by atoms with Crippen molar-refractivity contribution in [3.8, 4) is 0 Å². The van der Waals surface area contributed by atoms with Gasteiger partial charge in [-0.05, 0) is 37.5 Å². The molecule has 136 valence electrons. The van der Waals surface area contributed by atoms with Crippen LogP contribution in [0.5, 0.6) is 0 Å². The number of rotatable bonds is 6. The molecular formula is C18H31N3O3. The second-order valence-electron chi connectivity index (χ2n) is 7.74. The molecular weight excluding hydrogens is 306 g/mol. The topological polar surface area (TPSA) is 76.4 Å². The maximum absolute atomic E-state index is 12.4. The van der Waals surface area contributed by atoms with Crippen LogP contribution in [0.25, 0.3) is 0 Å². The van der Waals surface area contributed by atoms with E-state index in [9.17, 15) is 4.79 Å². The molecule has 0 radical (unpaired) electrons. The van der Waals surface area contributed by atoms with Crippen LogP contribution in [-0.4, -0.2) is 36.4 Å². The summed E-state index contributed by atoms with van der Waals surface area (Å²) < 4.78 is 11.0. The summed E-state index contributed by atoms with van der Waals surface area (Å²) in [5.41, 5.74) is 0.106. The Morgan fingerprint density at radius 1 is 1.46 bits per heavy atom. The number of nitrogens with one attached hydrogen (secondary N) is 2. The zero-order chi connectivity index (χ0) is 17.7. The van der Waals surface area contributed by atoms with Gasteiger partial charge in [-0.25, -0.2) is 0 Å². The fraction of sp³-hybridized carbons (Fsp3) is 0.778. The van der Waals surface area contributed by atoms with Crippen molar-refractivity contribution in [3.05, 3.63) is 11.8 Å². The molecule has 2 rings (SSSR count). The van der Waals surface area contributed by atoms with E-state index in [1.54, 1.807) is 13.0 Å². The van der Waals surface area contributed by atoms with Crippen LogP contribution in [-0.2, 0) is 9.53 Å². The lowest BCUT2D eigenvalue weighted by molar-refractivity contribution is -0.118. The zero-order valence-corrected chi connectivity index (χ0v) is 15.5. The monoisotopic (exact) mass is 337 g/mol. The number of hydrogen-bond donors (Lipinski definition) is 2. The van der Waals surface area contributed by atoms with Crippen LogP contribution < -0.4 is 10.6 Å². The largest absolute Gasteiger partial charge is 0.377 e. The van der Waals surface area contributed by atoms with Crippen LogP contribution >= 0.6 is 0 Å². The molecule has 1 aromatic heterocycles. The minimum absolute atomic E-state index is 0.0742. The van der Waals surface area contributed by atoms with Crippen LogP contribution in [0.15, 0.2) is 10.6 Å². The normalized spacial score (nSPS) is 23.0. The van der Waals surface area contributed by atoms with Crippen molar-refractivity contribution >= 4 is 11.7 Å². The first kappa shape index (κ1) is 18.9. The van der Waals surface area contributed by atoms with Crippen molar-refractivity contribution in [2.45, 2.75) is 66.0 Å². The number of aryl methyl sites for hydroxylation is 1. The molecule has 0 bridgehead atoms. The average Bonchev–Trinajstić information content (AvgIpc) is 2.92. The summed E-state index contributed by atoms with van der Waals surface area (Å²) in [5, 5.41) is 10.0. The lowest BCUT2D eigenvalue weighted by Crippen LogP contribution is -2.48. The van der Waals surface area contributed by atoms with Crippen molar-refractivity contribution in [2.75, 3.05) is 18.5 Å². The van der Waals surface area contributed by atoms with Gasteiger partial charge in [0.2, 0.25) is 5.91 Å². The molecule has 1 aromatic rings. The Labute approximate surface area is 144 Å². The maximum atomic E-state index is 12.4. The van der Waals surface area contributed by atoms with E-state index in [0.717, 1.165) is 32.4 Å². The Kier molecular flexibility index (Phi) is 6.40. The van der Waals surface area contributed by atoms with Gasteiger partial charge in [0.1, 0.15) is 5.76 Å². The molecule has 3 atom stereocenters. The summed E-state index contributed by atoms with van der Waals surface area (Å²) in [7, 11) is 0. The molecule has 1 amide bonds. The van der Waals surface area contributed by atoms with Gasteiger partial charge in [0.05, 0.1) is 12.1 Å². The lowest BCUT2D eigenvalue weighted by atomic mass is 9.78. The molecule has 1 aliphatic heterocycles. The molecule has 1 fully saturated rings.